The van der Waals surface area contributed by atoms with Crippen molar-refractivity contribution in [3.05, 3.63) is 29.3 Å². The van der Waals surface area contributed by atoms with Crippen molar-refractivity contribution in [1.29, 1.82) is 0 Å². The fourth-order valence-corrected chi connectivity index (χ4v) is 3.12. The lowest BCUT2D eigenvalue weighted by atomic mass is 9.92. The Morgan fingerprint density at radius 1 is 1.35 bits per heavy atom. The number of piperidine rings is 1. The van der Waals surface area contributed by atoms with E-state index < -0.39 is 5.97 Å². The molecule has 1 aromatic carbocycles. The first-order chi connectivity index (χ1) is 11.0. The van der Waals surface area contributed by atoms with Gasteiger partial charge in [-0.05, 0) is 37.3 Å². The Labute approximate surface area is 142 Å². The maximum atomic E-state index is 12.3. The van der Waals surface area contributed by atoms with Crippen LogP contribution in [0.3, 0.4) is 0 Å². The van der Waals surface area contributed by atoms with Gasteiger partial charge in [-0.3, -0.25) is 5.43 Å². The first-order valence-electron chi connectivity index (χ1n) is 8.01. The predicted molar refractivity (Wildman–Crippen MR) is 93.7 cm³/mol. The van der Waals surface area contributed by atoms with E-state index in [9.17, 15) is 4.79 Å². The molecule has 0 spiro atoms. The number of carbonyl (C=O) groups excluding carboxylic acids is 1. The third kappa shape index (κ3) is 4.86. The quantitative estimate of drug-likeness (QED) is 0.396. The maximum Gasteiger partial charge on any atom is 0.375 e. The van der Waals surface area contributed by atoms with Gasteiger partial charge in [0.2, 0.25) is 5.84 Å². The van der Waals surface area contributed by atoms with E-state index in [4.69, 9.17) is 16.3 Å². The summed E-state index contributed by atoms with van der Waals surface area (Å²) in [5.41, 5.74) is 3.55. The summed E-state index contributed by atoms with van der Waals surface area (Å²) in [4.78, 5) is 14.3. The molecule has 0 aliphatic carbocycles. The number of likely N-dealkylation sites (tertiary alicyclic amines) is 1. The number of esters is 1. The number of para-hydroxylation sites is 1. The smallest absolute Gasteiger partial charge is 0.375 e. The Bertz CT molecular complexity index is 567. The van der Waals surface area contributed by atoms with Crippen molar-refractivity contribution < 1.29 is 9.53 Å². The van der Waals surface area contributed by atoms with E-state index in [-0.39, 0.29) is 0 Å². The molecule has 0 bridgehead atoms. The highest BCUT2D eigenvalue weighted by molar-refractivity contribution is 6.35. The van der Waals surface area contributed by atoms with E-state index in [0.717, 1.165) is 19.5 Å². The highest BCUT2D eigenvalue weighted by atomic mass is 35.5. The van der Waals surface area contributed by atoms with Crippen molar-refractivity contribution in [3.8, 4) is 0 Å². The molecule has 1 aliphatic heterocycles. The van der Waals surface area contributed by atoms with Crippen molar-refractivity contribution in [3.63, 3.8) is 0 Å². The third-order valence-corrected chi connectivity index (χ3v) is 4.11. The van der Waals surface area contributed by atoms with Crippen LogP contribution < -0.4 is 5.43 Å². The number of benzene rings is 1. The molecule has 2 unspecified atom stereocenters. The van der Waals surface area contributed by atoms with Gasteiger partial charge < -0.3 is 9.64 Å². The molecule has 2 atom stereocenters. The van der Waals surface area contributed by atoms with Crippen LogP contribution in [0.2, 0.25) is 5.02 Å². The van der Waals surface area contributed by atoms with Crippen LogP contribution in [0.1, 0.15) is 27.2 Å². The lowest BCUT2D eigenvalue weighted by Crippen LogP contribution is -2.46. The Kier molecular flexibility index (Phi) is 6.28. The van der Waals surface area contributed by atoms with Crippen LogP contribution in [0.15, 0.2) is 29.4 Å². The highest BCUT2D eigenvalue weighted by Crippen LogP contribution is 2.23. The summed E-state index contributed by atoms with van der Waals surface area (Å²) < 4.78 is 5.16. The summed E-state index contributed by atoms with van der Waals surface area (Å²) in [5.74, 6) is 0.927. The SMILES string of the molecule is CCOC(=O)/C(=N\Nc1ccccc1Cl)N1CC(C)CC(C)C1. The molecule has 0 amide bonds. The van der Waals surface area contributed by atoms with Gasteiger partial charge in [-0.25, -0.2) is 4.79 Å². The Morgan fingerprint density at radius 3 is 2.61 bits per heavy atom. The second-order valence-corrected chi connectivity index (χ2v) is 6.51. The van der Waals surface area contributed by atoms with Gasteiger partial charge in [0.25, 0.3) is 0 Å². The number of hydrogen-bond acceptors (Lipinski definition) is 4. The summed E-state index contributed by atoms with van der Waals surface area (Å²) in [6, 6.07) is 7.29. The minimum atomic E-state index is -0.409. The van der Waals surface area contributed by atoms with Crippen LogP contribution in [0.25, 0.3) is 0 Å². The number of hydrazone groups is 1. The molecule has 6 heteroatoms. The van der Waals surface area contributed by atoms with Crippen LogP contribution >= 0.6 is 11.6 Å². The largest absolute Gasteiger partial charge is 0.460 e. The van der Waals surface area contributed by atoms with Gasteiger partial charge in [0.1, 0.15) is 0 Å². The fraction of sp³-hybridized carbons (Fsp3) is 0.529. The minimum absolute atomic E-state index is 0.310. The van der Waals surface area contributed by atoms with Gasteiger partial charge in [-0.1, -0.05) is 37.6 Å². The number of carbonyl (C=O) groups is 1. The average molecular weight is 338 g/mol. The zero-order chi connectivity index (χ0) is 16.8. The normalized spacial score (nSPS) is 21.9. The summed E-state index contributed by atoms with van der Waals surface area (Å²) >= 11 is 6.12. The van der Waals surface area contributed by atoms with Gasteiger partial charge in [0.05, 0.1) is 17.3 Å². The zero-order valence-corrected chi connectivity index (χ0v) is 14.6. The Balaban J connectivity index is 2.21. The number of rotatable bonds is 3. The van der Waals surface area contributed by atoms with E-state index in [2.05, 4.69) is 24.4 Å². The molecule has 5 nitrogen and oxygen atoms in total. The number of amidine groups is 1. The average Bonchev–Trinajstić information content (AvgIpc) is 2.48. The zero-order valence-electron chi connectivity index (χ0n) is 13.9. The van der Waals surface area contributed by atoms with E-state index in [1.807, 2.05) is 23.1 Å². The van der Waals surface area contributed by atoms with Crippen molar-refractivity contribution in [2.24, 2.45) is 16.9 Å². The van der Waals surface area contributed by atoms with Crippen molar-refractivity contribution in [2.75, 3.05) is 25.1 Å². The number of nitrogens with one attached hydrogen (secondary N) is 1. The van der Waals surface area contributed by atoms with Crippen molar-refractivity contribution in [1.82, 2.24) is 4.90 Å². The van der Waals surface area contributed by atoms with Crippen molar-refractivity contribution in [2.45, 2.75) is 27.2 Å². The number of anilines is 1. The lowest BCUT2D eigenvalue weighted by molar-refractivity contribution is -0.136. The number of nitrogens with zero attached hydrogens (tertiary/aromatic N) is 2. The maximum absolute atomic E-state index is 12.3. The number of hydrogen-bond donors (Lipinski definition) is 1. The molecular formula is C17H24ClN3O2. The van der Waals surface area contributed by atoms with Crippen LogP contribution in [-0.2, 0) is 9.53 Å². The molecular weight excluding hydrogens is 314 g/mol. The van der Waals surface area contributed by atoms with E-state index >= 15 is 0 Å². The second-order valence-electron chi connectivity index (χ2n) is 6.10. The number of ether oxygens (including phenoxy) is 1. The van der Waals surface area contributed by atoms with Gasteiger partial charge >= 0.3 is 5.97 Å². The Hall–Kier alpha value is -1.75. The first-order valence-corrected chi connectivity index (χ1v) is 8.39. The van der Waals surface area contributed by atoms with E-state index in [0.29, 0.717) is 35.0 Å². The summed E-state index contributed by atoms with van der Waals surface area (Å²) in [7, 11) is 0. The lowest BCUT2D eigenvalue weighted by Gasteiger charge is -2.36. The number of halogens is 1. The summed E-state index contributed by atoms with van der Waals surface area (Å²) in [5, 5.41) is 4.85. The fourth-order valence-electron chi connectivity index (χ4n) is 2.94. The molecule has 1 saturated heterocycles. The predicted octanol–water partition coefficient (Wildman–Crippen LogP) is 3.61. The summed E-state index contributed by atoms with van der Waals surface area (Å²) in [6.07, 6.45) is 1.16. The molecule has 0 saturated carbocycles. The van der Waals surface area contributed by atoms with Crippen LogP contribution in [-0.4, -0.2) is 36.4 Å². The summed E-state index contributed by atoms with van der Waals surface area (Å²) in [6.45, 7) is 8.08. The van der Waals surface area contributed by atoms with Gasteiger partial charge in [-0.2, -0.15) is 0 Å². The van der Waals surface area contributed by atoms with Crippen LogP contribution in [0.4, 0.5) is 5.69 Å². The molecule has 0 radical (unpaired) electrons. The van der Waals surface area contributed by atoms with Gasteiger partial charge in [-0.15, -0.1) is 5.10 Å². The van der Waals surface area contributed by atoms with Crippen molar-refractivity contribution >= 4 is 29.1 Å². The molecule has 1 heterocycles. The standard InChI is InChI=1S/C17H24ClN3O2/c1-4-23-17(22)16(21-10-12(2)9-13(3)11-21)20-19-15-8-6-5-7-14(15)18/h5-8,12-13,19H,4,9-11H2,1-3H3/b20-16+. The molecule has 126 valence electrons. The molecule has 1 fully saturated rings. The minimum Gasteiger partial charge on any atom is -0.460 e. The van der Waals surface area contributed by atoms with Crippen LogP contribution in [0.5, 0.6) is 0 Å². The molecule has 1 N–H and O–H groups in total. The van der Waals surface area contributed by atoms with E-state index in [1.54, 1.807) is 13.0 Å². The van der Waals surface area contributed by atoms with Gasteiger partial charge in [0, 0.05) is 13.1 Å². The topological polar surface area (TPSA) is 53.9 Å². The Morgan fingerprint density at radius 2 is 2.00 bits per heavy atom. The molecule has 0 aromatic heterocycles. The van der Waals surface area contributed by atoms with Crippen LogP contribution in [0, 0.1) is 11.8 Å². The third-order valence-electron chi connectivity index (χ3n) is 3.78. The first kappa shape index (κ1) is 17.6. The van der Waals surface area contributed by atoms with Gasteiger partial charge in [0.15, 0.2) is 0 Å². The van der Waals surface area contributed by atoms with E-state index in [1.165, 1.54) is 0 Å². The molecule has 1 aromatic rings. The monoisotopic (exact) mass is 337 g/mol. The molecule has 2 rings (SSSR count). The molecule has 23 heavy (non-hydrogen) atoms. The highest BCUT2D eigenvalue weighted by Gasteiger charge is 2.28. The second kappa shape index (κ2) is 8.20. The molecule has 1 aliphatic rings.